The quantitative estimate of drug-likeness (QED) is 0.665. The normalized spacial score (nSPS) is 11.1. The highest BCUT2D eigenvalue weighted by atomic mass is 16.2. The molecule has 27 heavy (non-hydrogen) atoms. The van der Waals surface area contributed by atoms with Crippen molar-refractivity contribution < 1.29 is 4.79 Å². The number of carbonyl (C=O) groups is 1. The molecule has 3 aromatic rings. The Morgan fingerprint density at radius 3 is 2.63 bits per heavy atom. The number of hydrogen-bond donors (Lipinski definition) is 1. The van der Waals surface area contributed by atoms with E-state index < -0.39 is 11.2 Å². The Balaban J connectivity index is 2.02. The van der Waals surface area contributed by atoms with Gasteiger partial charge in [-0.1, -0.05) is 12.1 Å². The number of aryl methyl sites for hydroxylation is 2. The number of hydrogen-bond acceptors (Lipinski definition) is 5. The van der Waals surface area contributed by atoms with Gasteiger partial charge < -0.3 is 15.2 Å². The Morgan fingerprint density at radius 1 is 1.22 bits per heavy atom. The third-order valence-electron chi connectivity index (χ3n) is 4.49. The van der Waals surface area contributed by atoms with Crippen molar-refractivity contribution in [2.75, 3.05) is 18.0 Å². The van der Waals surface area contributed by atoms with Crippen molar-refractivity contribution in [1.29, 1.82) is 0 Å². The molecule has 0 aliphatic carbocycles. The topological polar surface area (TPSA) is 108 Å². The Hall–Kier alpha value is -3.20. The van der Waals surface area contributed by atoms with Crippen molar-refractivity contribution in [3.63, 3.8) is 0 Å². The van der Waals surface area contributed by atoms with Gasteiger partial charge in [-0.2, -0.15) is 0 Å². The van der Waals surface area contributed by atoms with Gasteiger partial charge in [0.15, 0.2) is 11.2 Å². The van der Waals surface area contributed by atoms with Crippen LogP contribution in [0.4, 0.5) is 5.69 Å². The second-order valence-electron chi connectivity index (χ2n) is 6.42. The summed E-state index contributed by atoms with van der Waals surface area (Å²) in [4.78, 5) is 43.2. The lowest BCUT2D eigenvalue weighted by molar-refractivity contribution is -0.119. The summed E-state index contributed by atoms with van der Waals surface area (Å²) in [5.41, 5.74) is 6.96. The summed E-state index contributed by atoms with van der Waals surface area (Å²) >= 11 is 0. The fourth-order valence-electron chi connectivity index (χ4n) is 3.07. The number of imidazole rings is 1. The highest BCUT2D eigenvalue weighted by Crippen LogP contribution is 2.17. The van der Waals surface area contributed by atoms with Crippen molar-refractivity contribution in [3.8, 4) is 0 Å². The Labute approximate surface area is 155 Å². The van der Waals surface area contributed by atoms with Crippen LogP contribution in [0.15, 0.2) is 40.2 Å². The van der Waals surface area contributed by atoms with E-state index in [0.717, 1.165) is 15.8 Å². The molecule has 9 heteroatoms. The van der Waals surface area contributed by atoms with Gasteiger partial charge in [0.1, 0.15) is 6.54 Å². The van der Waals surface area contributed by atoms with E-state index >= 15 is 0 Å². The van der Waals surface area contributed by atoms with Crippen LogP contribution < -0.4 is 21.9 Å². The molecule has 0 aliphatic rings. The van der Waals surface area contributed by atoms with E-state index in [1.54, 1.807) is 4.90 Å². The maximum Gasteiger partial charge on any atom is 0.332 e. The van der Waals surface area contributed by atoms with Crippen LogP contribution in [0, 0.1) is 6.92 Å². The highest BCUT2D eigenvalue weighted by molar-refractivity contribution is 5.94. The lowest BCUT2D eigenvalue weighted by Crippen LogP contribution is -2.39. The molecule has 0 fully saturated rings. The molecule has 0 atom stereocenters. The summed E-state index contributed by atoms with van der Waals surface area (Å²) in [6, 6.07) is 7.57. The maximum atomic E-state index is 12.9. The smallest absolute Gasteiger partial charge is 0.329 e. The predicted molar refractivity (Wildman–Crippen MR) is 103 cm³/mol. The summed E-state index contributed by atoms with van der Waals surface area (Å²) in [6.45, 7) is 2.52. The second-order valence-corrected chi connectivity index (χ2v) is 6.42. The van der Waals surface area contributed by atoms with Crippen LogP contribution in [-0.4, -0.2) is 37.7 Å². The molecule has 0 saturated heterocycles. The van der Waals surface area contributed by atoms with E-state index in [-0.39, 0.29) is 23.6 Å². The monoisotopic (exact) mass is 370 g/mol. The molecule has 2 heterocycles. The van der Waals surface area contributed by atoms with Crippen molar-refractivity contribution in [1.82, 2.24) is 18.7 Å². The first-order valence-electron chi connectivity index (χ1n) is 8.53. The third kappa shape index (κ3) is 3.28. The molecule has 9 nitrogen and oxygen atoms in total. The molecule has 2 aromatic heterocycles. The summed E-state index contributed by atoms with van der Waals surface area (Å²) in [6.07, 6.45) is 1.40. The number of rotatable bonds is 5. The molecule has 0 bridgehead atoms. The van der Waals surface area contributed by atoms with E-state index in [0.29, 0.717) is 13.1 Å². The number of carbonyl (C=O) groups excluding carboxylic acids is 1. The molecule has 0 aliphatic heterocycles. The van der Waals surface area contributed by atoms with Crippen LogP contribution in [0.25, 0.3) is 11.2 Å². The van der Waals surface area contributed by atoms with Crippen molar-refractivity contribution >= 4 is 22.8 Å². The second kappa shape index (κ2) is 7.20. The maximum absolute atomic E-state index is 12.9. The van der Waals surface area contributed by atoms with E-state index in [1.807, 2.05) is 31.2 Å². The average Bonchev–Trinajstić information content (AvgIpc) is 3.06. The molecule has 142 valence electrons. The number of anilines is 1. The lowest BCUT2D eigenvalue weighted by atomic mass is 10.2. The molecule has 0 spiro atoms. The minimum atomic E-state index is -0.487. The molecule has 1 aromatic carbocycles. The van der Waals surface area contributed by atoms with Crippen molar-refractivity contribution in [2.24, 2.45) is 19.8 Å². The van der Waals surface area contributed by atoms with Gasteiger partial charge in [0.05, 0.1) is 6.33 Å². The molecular formula is C18H22N6O3. The first kappa shape index (κ1) is 18.6. The minimum absolute atomic E-state index is 0.0854. The zero-order chi connectivity index (χ0) is 19.7. The molecular weight excluding hydrogens is 348 g/mol. The third-order valence-corrected chi connectivity index (χ3v) is 4.49. The number of benzene rings is 1. The van der Waals surface area contributed by atoms with Gasteiger partial charge in [-0.25, -0.2) is 9.78 Å². The number of aromatic nitrogens is 4. The number of nitrogens with zero attached hydrogens (tertiary/aromatic N) is 5. The molecule has 3 rings (SSSR count). The molecule has 1 amide bonds. The minimum Gasteiger partial charge on any atom is -0.329 e. The Morgan fingerprint density at radius 2 is 1.96 bits per heavy atom. The molecule has 2 N–H and O–H groups in total. The summed E-state index contributed by atoms with van der Waals surface area (Å²) in [5, 5.41) is 0. The van der Waals surface area contributed by atoms with Gasteiger partial charge in [-0.05, 0) is 24.6 Å². The molecule has 0 radical (unpaired) electrons. The zero-order valence-corrected chi connectivity index (χ0v) is 15.5. The van der Waals surface area contributed by atoms with Gasteiger partial charge in [-0.15, -0.1) is 0 Å². The first-order valence-corrected chi connectivity index (χ1v) is 8.53. The van der Waals surface area contributed by atoms with Gasteiger partial charge in [0.25, 0.3) is 5.56 Å². The van der Waals surface area contributed by atoms with Crippen molar-refractivity contribution in [2.45, 2.75) is 13.5 Å². The Kier molecular flexibility index (Phi) is 4.95. The van der Waals surface area contributed by atoms with Gasteiger partial charge in [0.2, 0.25) is 5.91 Å². The molecule has 0 unspecified atom stereocenters. The fourth-order valence-corrected chi connectivity index (χ4v) is 3.07. The zero-order valence-electron chi connectivity index (χ0n) is 15.5. The number of fused-ring (bicyclic) bond motifs is 1. The van der Waals surface area contributed by atoms with Gasteiger partial charge in [0, 0.05) is 32.9 Å². The van der Waals surface area contributed by atoms with Crippen molar-refractivity contribution in [3.05, 3.63) is 57.0 Å². The highest BCUT2D eigenvalue weighted by Gasteiger charge is 2.20. The van der Waals surface area contributed by atoms with Crippen LogP contribution in [0.3, 0.4) is 0 Å². The van der Waals surface area contributed by atoms with Gasteiger partial charge >= 0.3 is 5.69 Å². The van der Waals surface area contributed by atoms with Crippen LogP contribution in [0.2, 0.25) is 0 Å². The van der Waals surface area contributed by atoms with Crippen LogP contribution in [-0.2, 0) is 25.4 Å². The van der Waals surface area contributed by atoms with Crippen LogP contribution in [0.1, 0.15) is 5.56 Å². The summed E-state index contributed by atoms with van der Waals surface area (Å²) < 4.78 is 3.76. The van der Waals surface area contributed by atoms with E-state index in [1.165, 1.54) is 29.6 Å². The Bertz CT molecular complexity index is 1120. The van der Waals surface area contributed by atoms with Gasteiger partial charge in [-0.3, -0.25) is 18.7 Å². The standard InChI is InChI=1S/C18H22N6O3/c1-12-5-4-6-13(9-12)24(8-7-19)14(25)10-23-11-20-16-15(23)17(26)22(3)18(27)21(16)2/h4-6,9,11H,7-8,10,19H2,1-3H3. The van der Waals surface area contributed by atoms with E-state index in [9.17, 15) is 14.4 Å². The fraction of sp³-hybridized carbons (Fsp3) is 0.333. The predicted octanol–water partition coefficient (Wildman–Crippen LogP) is -0.266. The van der Waals surface area contributed by atoms with Crippen LogP contribution >= 0.6 is 0 Å². The average molecular weight is 370 g/mol. The van der Waals surface area contributed by atoms with Crippen LogP contribution in [0.5, 0.6) is 0 Å². The van der Waals surface area contributed by atoms with E-state index in [2.05, 4.69) is 4.98 Å². The number of amides is 1. The summed E-state index contributed by atoms with van der Waals surface area (Å²) in [5.74, 6) is -0.221. The number of nitrogens with two attached hydrogens (primary N) is 1. The van der Waals surface area contributed by atoms with E-state index in [4.69, 9.17) is 5.73 Å². The largest absolute Gasteiger partial charge is 0.332 e. The molecule has 0 saturated carbocycles. The SMILES string of the molecule is Cc1cccc(N(CCN)C(=O)Cn2cnc3c2c(=O)n(C)c(=O)n3C)c1. The first-order chi connectivity index (χ1) is 12.8. The summed E-state index contributed by atoms with van der Waals surface area (Å²) in [7, 11) is 2.94. The lowest BCUT2D eigenvalue weighted by Gasteiger charge is -2.23.